The number of hydrogen-bond donors (Lipinski definition) is 0. The molecule has 0 aromatic heterocycles. The van der Waals surface area contributed by atoms with Crippen molar-refractivity contribution in [2.24, 2.45) is 0 Å². The lowest BCUT2D eigenvalue weighted by Gasteiger charge is -2.17. The summed E-state index contributed by atoms with van der Waals surface area (Å²) in [5, 5.41) is 0. The Bertz CT molecular complexity index is 302. The Morgan fingerprint density at radius 3 is 2.29 bits per heavy atom. The second-order valence-electron chi connectivity index (χ2n) is 3.60. The number of para-hydroxylation sites is 1. The molecule has 0 saturated heterocycles. The van der Waals surface area contributed by atoms with E-state index in [2.05, 4.69) is 4.74 Å². The fourth-order valence-corrected chi connectivity index (χ4v) is 1.24. The van der Waals surface area contributed by atoms with Gasteiger partial charge in [0.25, 0.3) is 0 Å². The predicted octanol–water partition coefficient (Wildman–Crippen LogP) is 3.80. The third kappa shape index (κ3) is 2.98. The van der Waals surface area contributed by atoms with Crippen LogP contribution in [0.2, 0.25) is 0 Å². The molecule has 0 bridgehead atoms. The van der Waals surface area contributed by atoms with E-state index in [4.69, 9.17) is 0 Å². The van der Waals surface area contributed by atoms with Crippen LogP contribution in [0, 0.1) is 0 Å². The molecule has 0 amide bonds. The Balaban J connectivity index is 2.96. The highest BCUT2D eigenvalue weighted by Crippen LogP contribution is 2.29. The lowest BCUT2D eigenvalue weighted by atomic mass is 10.0. The van der Waals surface area contributed by atoms with Crippen LogP contribution < -0.4 is 4.74 Å². The molecule has 0 fully saturated rings. The molecular formula is C11H14F2O. The number of ether oxygens (including phenoxy) is 1. The fourth-order valence-electron chi connectivity index (χ4n) is 1.24. The molecule has 0 aliphatic rings. The molecule has 3 heteroatoms. The van der Waals surface area contributed by atoms with Crippen molar-refractivity contribution in [2.45, 2.75) is 32.8 Å². The van der Waals surface area contributed by atoms with Gasteiger partial charge in [-0.25, -0.2) is 0 Å². The molecule has 0 N–H and O–H groups in total. The smallest absolute Gasteiger partial charge is 0.394 e. The number of benzene rings is 1. The number of rotatable bonds is 3. The summed E-state index contributed by atoms with van der Waals surface area (Å²) in [5.41, 5.74) is 0.800. The minimum atomic E-state index is -3.12. The predicted molar refractivity (Wildman–Crippen MR) is 51.8 cm³/mol. The third-order valence-electron chi connectivity index (χ3n) is 1.83. The lowest BCUT2D eigenvalue weighted by molar-refractivity contribution is -0.159. The molecule has 14 heavy (non-hydrogen) atoms. The first-order valence-electron chi connectivity index (χ1n) is 4.56. The van der Waals surface area contributed by atoms with Gasteiger partial charge in [-0.1, -0.05) is 32.0 Å². The van der Waals surface area contributed by atoms with Gasteiger partial charge in [-0.3, -0.25) is 0 Å². The second-order valence-corrected chi connectivity index (χ2v) is 3.60. The summed E-state index contributed by atoms with van der Waals surface area (Å²) < 4.78 is 29.8. The summed E-state index contributed by atoms with van der Waals surface area (Å²) in [5.74, 6) is 0.434. The lowest BCUT2D eigenvalue weighted by Crippen LogP contribution is -2.20. The highest BCUT2D eigenvalue weighted by atomic mass is 19.3. The Hall–Kier alpha value is -1.12. The standard InChI is InChI=1S/C11H14F2O/c1-8(2)9-6-4-5-7-10(9)14-11(3,12)13/h4-8H,1-3H3. The quantitative estimate of drug-likeness (QED) is 0.721. The number of hydrogen-bond acceptors (Lipinski definition) is 1. The van der Waals surface area contributed by atoms with Crippen LogP contribution >= 0.6 is 0 Å². The van der Waals surface area contributed by atoms with Crippen LogP contribution in [-0.2, 0) is 0 Å². The average molecular weight is 200 g/mol. The molecule has 0 unspecified atom stereocenters. The minimum absolute atomic E-state index is 0.175. The molecule has 0 spiro atoms. The summed E-state index contributed by atoms with van der Waals surface area (Å²) in [4.78, 5) is 0. The molecule has 1 aromatic carbocycles. The molecule has 0 atom stereocenters. The highest BCUT2D eigenvalue weighted by Gasteiger charge is 2.24. The Morgan fingerprint density at radius 1 is 1.21 bits per heavy atom. The van der Waals surface area contributed by atoms with E-state index in [0.717, 1.165) is 12.5 Å². The maximum Gasteiger partial charge on any atom is 0.394 e. The first-order chi connectivity index (χ1) is 6.40. The minimum Gasteiger partial charge on any atom is -0.432 e. The summed E-state index contributed by atoms with van der Waals surface area (Å²) in [7, 11) is 0. The van der Waals surface area contributed by atoms with Gasteiger partial charge >= 0.3 is 6.11 Å². The summed E-state index contributed by atoms with van der Waals surface area (Å²) in [6.45, 7) is 4.62. The van der Waals surface area contributed by atoms with Crippen molar-refractivity contribution in [1.82, 2.24) is 0 Å². The SMILES string of the molecule is CC(C)c1ccccc1OC(C)(F)F. The van der Waals surface area contributed by atoms with Gasteiger partial charge in [0.2, 0.25) is 0 Å². The van der Waals surface area contributed by atoms with Crippen LogP contribution in [0.3, 0.4) is 0 Å². The van der Waals surface area contributed by atoms with E-state index < -0.39 is 6.11 Å². The van der Waals surface area contributed by atoms with Gasteiger partial charge in [0, 0.05) is 6.92 Å². The molecule has 0 aliphatic heterocycles. The van der Waals surface area contributed by atoms with E-state index in [9.17, 15) is 8.78 Å². The maximum atomic E-state index is 12.6. The van der Waals surface area contributed by atoms with Crippen molar-refractivity contribution in [3.05, 3.63) is 29.8 Å². The van der Waals surface area contributed by atoms with E-state index in [-0.39, 0.29) is 11.7 Å². The Labute approximate surface area is 82.7 Å². The zero-order chi connectivity index (χ0) is 10.8. The first kappa shape index (κ1) is 11.0. The largest absolute Gasteiger partial charge is 0.432 e. The molecule has 1 nitrogen and oxygen atoms in total. The molecule has 78 valence electrons. The van der Waals surface area contributed by atoms with Crippen molar-refractivity contribution >= 4 is 0 Å². The molecule has 0 heterocycles. The summed E-state index contributed by atoms with van der Waals surface area (Å²) >= 11 is 0. The highest BCUT2D eigenvalue weighted by molar-refractivity contribution is 5.35. The van der Waals surface area contributed by atoms with E-state index >= 15 is 0 Å². The van der Waals surface area contributed by atoms with Crippen molar-refractivity contribution in [2.75, 3.05) is 0 Å². The van der Waals surface area contributed by atoms with Crippen LogP contribution in [0.4, 0.5) is 8.78 Å². The topological polar surface area (TPSA) is 9.23 Å². The molecule has 1 rings (SSSR count). The number of halogens is 2. The summed E-state index contributed by atoms with van der Waals surface area (Å²) in [6.07, 6.45) is -3.12. The van der Waals surface area contributed by atoms with E-state index in [1.807, 2.05) is 19.9 Å². The van der Waals surface area contributed by atoms with Crippen LogP contribution in [-0.4, -0.2) is 6.11 Å². The van der Waals surface area contributed by atoms with Crippen molar-refractivity contribution in [3.8, 4) is 5.75 Å². The van der Waals surface area contributed by atoms with Gasteiger partial charge in [0.1, 0.15) is 5.75 Å². The van der Waals surface area contributed by atoms with Crippen molar-refractivity contribution in [1.29, 1.82) is 0 Å². The second kappa shape index (κ2) is 3.95. The molecule has 0 aliphatic carbocycles. The number of alkyl halides is 2. The van der Waals surface area contributed by atoms with Gasteiger partial charge in [0.05, 0.1) is 0 Å². The zero-order valence-electron chi connectivity index (χ0n) is 8.55. The maximum absolute atomic E-state index is 12.6. The van der Waals surface area contributed by atoms with E-state index in [1.165, 1.54) is 0 Å². The van der Waals surface area contributed by atoms with E-state index in [1.54, 1.807) is 18.2 Å². The Kier molecular flexibility index (Phi) is 3.09. The van der Waals surface area contributed by atoms with Crippen LogP contribution in [0.1, 0.15) is 32.3 Å². The normalized spacial score (nSPS) is 11.9. The van der Waals surface area contributed by atoms with Gasteiger partial charge in [-0.05, 0) is 17.5 Å². The van der Waals surface area contributed by atoms with Crippen molar-refractivity contribution < 1.29 is 13.5 Å². The zero-order valence-corrected chi connectivity index (χ0v) is 8.55. The van der Waals surface area contributed by atoms with Gasteiger partial charge in [-0.15, -0.1) is 0 Å². The third-order valence-corrected chi connectivity index (χ3v) is 1.83. The first-order valence-corrected chi connectivity index (χ1v) is 4.56. The molecule has 0 radical (unpaired) electrons. The van der Waals surface area contributed by atoms with Gasteiger partial charge < -0.3 is 4.74 Å². The van der Waals surface area contributed by atoms with Crippen LogP contribution in [0.25, 0.3) is 0 Å². The van der Waals surface area contributed by atoms with Gasteiger partial charge in [0.15, 0.2) is 0 Å². The summed E-state index contributed by atoms with van der Waals surface area (Å²) in [6, 6.07) is 6.86. The fraction of sp³-hybridized carbons (Fsp3) is 0.455. The molecular weight excluding hydrogens is 186 g/mol. The van der Waals surface area contributed by atoms with Crippen LogP contribution in [0.15, 0.2) is 24.3 Å². The van der Waals surface area contributed by atoms with Gasteiger partial charge in [-0.2, -0.15) is 8.78 Å². The van der Waals surface area contributed by atoms with Crippen molar-refractivity contribution in [3.63, 3.8) is 0 Å². The average Bonchev–Trinajstić information content (AvgIpc) is 2.01. The Morgan fingerprint density at radius 2 is 1.79 bits per heavy atom. The van der Waals surface area contributed by atoms with E-state index in [0.29, 0.717) is 0 Å². The molecule has 1 aromatic rings. The molecule has 0 saturated carbocycles. The van der Waals surface area contributed by atoms with Crippen LogP contribution in [0.5, 0.6) is 5.75 Å². The monoisotopic (exact) mass is 200 g/mol.